The zero-order valence-electron chi connectivity index (χ0n) is 67.2. The number of rotatable bonds is 29. The molecule has 2 saturated heterocycles. The Kier molecular flexibility index (Phi) is 35.2. The van der Waals surface area contributed by atoms with Crippen LogP contribution in [-0.4, -0.2) is 174 Å². The van der Waals surface area contributed by atoms with Gasteiger partial charge in [-0.1, -0.05) is 123 Å². The topological polar surface area (TPSA) is 169 Å². The molecule has 16 nitrogen and oxygen atoms in total. The van der Waals surface area contributed by atoms with Crippen LogP contribution in [0.1, 0.15) is 265 Å². The molecule has 0 radical (unpaired) electrons. The van der Waals surface area contributed by atoms with Gasteiger partial charge in [0.1, 0.15) is 53.8 Å². The molecule has 5 saturated carbocycles. The van der Waals surface area contributed by atoms with Gasteiger partial charge in [0.05, 0.1) is 31.0 Å². The van der Waals surface area contributed by atoms with Crippen LogP contribution in [0, 0.1) is 23.6 Å². The fraction of sp³-hybridized carbons (Fsp3) is 0.774. The van der Waals surface area contributed by atoms with Crippen LogP contribution in [-0.2, 0) is 19.1 Å². The number of hydrogen-bond donors (Lipinski definition) is 5. The van der Waals surface area contributed by atoms with Gasteiger partial charge < -0.3 is 59.9 Å². The van der Waals surface area contributed by atoms with E-state index in [-0.39, 0.29) is 41.4 Å². The van der Waals surface area contributed by atoms with E-state index in [0.29, 0.717) is 121 Å². The molecule has 17 heteroatoms. The maximum atomic E-state index is 13.7. The summed E-state index contributed by atoms with van der Waals surface area (Å²) in [5, 5.41) is 17.8. The Balaban J connectivity index is 0.000000199. The minimum Gasteiger partial charge on any atom is -0.490 e. The highest BCUT2D eigenvalue weighted by atomic mass is 19.1. The number of aromatic nitrogens is 1. The second-order valence-corrected chi connectivity index (χ2v) is 35.2. The van der Waals surface area contributed by atoms with Crippen LogP contribution >= 0.6 is 0 Å². The minimum absolute atomic E-state index is 0.0154. The monoisotopic (exact) mass is 1410 g/mol. The van der Waals surface area contributed by atoms with E-state index in [1.54, 1.807) is 6.07 Å². The number of ether oxygens (including phenoxy) is 6. The van der Waals surface area contributed by atoms with Gasteiger partial charge in [-0.2, -0.15) is 0 Å². The predicted molar refractivity (Wildman–Crippen MR) is 413 cm³/mol. The Bertz CT molecular complexity index is 2750. The molecule has 5 N–H and O–H groups in total. The molecule has 0 bridgehead atoms. The molecule has 1 aromatic heterocycles. The largest absolute Gasteiger partial charge is 0.490 e. The van der Waals surface area contributed by atoms with Crippen molar-refractivity contribution < 1.29 is 42.4 Å². The van der Waals surface area contributed by atoms with Gasteiger partial charge in [-0.25, -0.2) is 9.37 Å². The summed E-state index contributed by atoms with van der Waals surface area (Å²) in [6, 6.07) is 21.5. The number of piperidine rings is 2. The summed E-state index contributed by atoms with van der Waals surface area (Å²) in [6.07, 6.45) is 20.0. The van der Waals surface area contributed by atoms with E-state index in [4.69, 9.17) is 28.4 Å². The Morgan fingerprint density at radius 2 is 0.891 bits per heavy atom. The summed E-state index contributed by atoms with van der Waals surface area (Å²) < 4.78 is 49.2. The highest BCUT2D eigenvalue weighted by molar-refractivity contribution is 5.82. The number of halogens is 1. The number of benzene rings is 2. The fourth-order valence-electron chi connectivity index (χ4n) is 13.9. The van der Waals surface area contributed by atoms with Crippen LogP contribution < -0.4 is 45.5 Å². The molecule has 2 aromatic carbocycles. The number of pyridine rings is 1. The summed E-state index contributed by atoms with van der Waals surface area (Å²) in [5.74, 6) is 4.40. The van der Waals surface area contributed by atoms with Crippen molar-refractivity contribution in [1.82, 2.24) is 41.4 Å². The Hall–Kier alpha value is -4.30. The van der Waals surface area contributed by atoms with Gasteiger partial charge in [0, 0.05) is 134 Å². The molecule has 7 aliphatic rings. The summed E-state index contributed by atoms with van der Waals surface area (Å²) in [6.45, 7) is 53.6. The third kappa shape index (κ3) is 33.4. The van der Waals surface area contributed by atoms with Crippen LogP contribution in [0.5, 0.6) is 23.1 Å². The van der Waals surface area contributed by atoms with Crippen molar-refractivity contribution in [2.75, 3.05) is 45.9 Å². The van der Waals surface area contributed by atoms with Crippen LogP contribution in [0.3, 0.4) is 0 Å². The maximum absolute atomic E-state index is 13.7. The lowest BCUT2D eigenvalue weighted by Gasteiger charge is -2.43. The zero-order chi connectivity index (χ0) is 74.3. The second kappa shape index (κ2) is 41.6. The van der Waals surface area contributed by atoms with Gasteiger partial charge in [-0.05, 0) is 179 Å². The molecule has 3 aromatic rings. The van der Waals surface area contributed by atoms with Crippen LogP contribution in [0.25, 0.3) is 0 Å². The zero-order valence-corrected chi connectivity index (χ0v) is 67.2. The van der Waals surface area contributed by atoms with E-state index in [1.165, 1.54) is 68.6 Å². The van der Waals surface area contributed by atoms with Crippen LogP contribution in [0.2, 0.25) is 0 Å². The molecule has 2 aliphatic heterocycles. The van der Waals surface area contributed by atoms with Crippen molar-refractivity contribution in [1.29, 1.82) is 0 Å². The molecule has 0 amide bonds. The van der Waals surface area contributed by atoms with E-state index >= 15 is 0 Å². The number of nitrogens with one attached hydrogen (secondary N) is 5. The Labute approximate surface area is 613 Å². The molecule has 0 unspecified atom stereocenters. The number of nitrogens with zero attached hydrogens (tertiary/aromatic N) is 3. The van der Waals surface area contributed by atoms with Crippen molar-refractivity contribution >= 4 is 11.6 Å². The standard InChI is InChI=1S/C18H26FNO3.C18H34N2O2.C17H34N2O.C16H25NO.C15H24N2O/c1-11(2)18(21)10-22-15-5-13(19)6-16(9-15)23-17-7-14(8-17)20-12(3)4;1-13(2)17(21)12-20-8-6-15(7-9-20)22-16-10-14(11-16)19-18(3,4)5;1-13(2)12-19-8-6-15(7-9-19)20-16-10-14(11-16)18-17(3,4)5;1-11(2)13-6-5-7-15(8-13)18-16-9-14(10-16)17-12(3)4;1-10(2)12-5-6-16-15(7-12)18-14-8-13(9-14)17-11(3)4/h5-6,9,11-12,14,17,20H,7-8,10H2,1-4H3;13-16,19H,6-12H2,1-5H3;13-16,18H,6-12H2,1-5H3;5-8,11-12,14,16-17H,9-10H2,1-4H3;5-7,10-11,13-14,17H,8-9H2,1-4H3. The van der Waals surface area contributed by atoms with Gasteiger partial charge in [-0.15, -0.1) is 0 Å². The smallest absolute Gasteiger partial charge is 0.213 e. The molecule has 10 rings (SSSR count). The average molecular weight is 1410 g/mol. The summed E-state index contributed by atoms with van der Waals surface area (Å²) in [4.78, 5) is 32.5. The van der Waals surface area contributed by atoms with Crippen molar-refractivity contribution in [3.63, 3.8) is 0 Å². The van der Waals surface area contributed by atoms with Crippen molar-refractivity contribution in [3.8, 4) is 23.1 Å². The maximum Gasteiger partial charge on any atom is 0.213 e. The lowest BCUT2D eigenvalue weighted by molar-refractivity contribution is -0.125. The number of likely N-dealkylation sites (tertiary alicyclic amines) is 2. The van der Waals surface area contributed by atoms with Gasteiger partial charge in [0.2, 0.25) is 5.88 Å². The first-order valence-electron chi connectivity index (χ1n) is 39.6. The number of carbonyl (C=O) groups excluding carboxylic acids is 2. The van der Waals surface area contributed by atoms with Crippen molar-refractivity contribution in [3.05, 3.63) is 77.7 Å². The fourth-order valence-corrected chi connectivity index (χ4v) is 13.9. The molecule has 0 spiro atoms. The molecule has 574 valence electrons. The number of ketones is 2. The van der Waals surface area contributed by atoms with Crippen molar-refractivity contribution in [2.24, 2.45) is 17.8 Å². The van der Waals surface area contributed by atoms with Gasteiger partial charge in [0.15, 0.2) is 5.78 Å². The third-order valence-electron chi connectivity index (χ3n) is 19.7. The van der Waals surface area contributed by atoms with E-state index in [0.717, 1.165) is 94.8 Å². The van der Waals surface area contributed by atoms with Crippen molar-refractivity contribution in [2.45, 2.75) is 356 Å². The molecular formula is C84H143FN8O8. The highest BCUT2D eigenvalue weighted by Crippen LogP contribution is 2.34. The second-order valence-electron chi connectivity index (χ2n) is 35.2. The number of Topliss-reactive ketones (excluding diaryl/α,β-unsaturated/α-hetero) is 2. The van der Waals surface area contributed by atoms with Gasteiger partial charge in [-0.3, -0.25) is 14.5 Å². The molecule has 5 aliphatic carbocycles. The first kappa shape index (κ1) is 85.6. The van der Waals surface area contributed by atoms with E-state index in [2.05, 4.69) is 202 Å². The quantitative estimate of drug-likeness (QED) is 0.0445. The SMILES string of the molecule is CC(C)C(=O)CN1CCC(OC2CC(NC(C)(C)C)C2)CC1.CC(C)CN1CCC(OC2CC(NC(C)(C)C)C2)CC1.CC(C)NC1CC(Oc2cc(C(C)C)ccn2)C1.CC(C)NC1CC(Oc2cc(F)cc(OCC(=O)C(C)C)c2)C1.CC(C)NC1CC(Oc2cccc(C(C)C)c2)C1. The Morgan fingerprint density at radius 3 is 1.32 bits per heavy atom. The molecule has 7 fully saturated rings. The summed E-state index contributed by atoms with van der Waals surface area (Å²) in [7, 11) is 0. The molecular weight excluding hydrogens is 1270 g/mol. The molecule has 101 heavy (non-hydrogen) atoms. The summed E-state index contributed by atoms with van der Waals surface area (Å²) in [5.41, 5.74) is 3.07. The Morgan fingerprint density at radius 1 is 0.475 bits per heavy atom. The van der Waals surface area contributed by atoms with E-state index in [1.807, 2.05) is 33.9 Å². The summed E-state index contributed by atoms with van der Waals surface area (Å²) >= 11 is 0. The normalized spacial score (nSPS) is 24.9. The lowest BCUT2D eigenvalue weighted by Crippen LogP contribution is -2.53. The van der Waals surface area contributed by atoms with Gasteiger partial charge >= 0.3 is 0 Å². The molecule has 3 heterocycles. The number of hydrogen-bond acceptors (Lipinski definition) is 16. The molecule has 0 atom stereocenters. The van der Waals surface area contributed by atoms with Gasteiger partial charge in [0.25, 0.3) is 0 Å². The first-order chi connectivity index (χ1) is 47.5. The highest BCUT2D eigenvalue weighted by Gasteiger charge is 2.38. The predicted octanol–water partition coefficient (Wildman–Crippen LogP) is 15.8. The minimum atomic E-state index is -0.425. The first-order valence-corrected chi connectivity index (χ1v) is 39.6. The number of carbonyl (C=O) groups is 2. The van der Waals surface area contributed by atoms with E-state index < -0.39 is 5.82 Å². The van der Waals surface area contributed by atoms with Crippen LogP contribution in [0.15, 0.2) is 60.8 Å². The lowest BCUT2D eigenvalue weighted by atomic mass is 9.87. The third-order valence-corrected chi connectivity index (χ3v) is 19.7. The average Bonchev–Trinajstić information content (AvgIpc) is 0.856. The van der Waals surface area contributed by atoms with Crippen LogP contribution in [0.4, 0.5) is 4.39 Å². The van der Waals surface area contributed by atoms with E-state index in [9.17, 15) is 14.0 Å².